The molecule has 1 saturated carbocycles. The van der Waals surface area contributed by atoms with Crippen LogP contribution in [-0.4, -0.2) is 34.2 Å². The lowest BCUT2D eigenvalue weighted by atomic mass is 9.98. The van der Waals surface area contributed by atoms with Crippen LogP contribution in [0.3, 0.4) is 0 Å². The Balaban J connectivity index is 1.85. The van der Waals surface area contributed by atoms with Gasteiger partial charge in [-0.3, -0.25) is 9.97 Å². The molecular weight excluding hydrogens is 292 g/mol. The molecule has 6 heteroatoms. The maximum absolute atomic E-state index is 11.9. The lowest BCUT2D eigenvalue weighted by Gasteiger charge is -2.26. The third kappa shape index (κ3) is 6.52. The number of nitrogens with zero attached hydrogens (tertiary/aromatic N) is 2. The average molecular weight is 320 g/mol. The van der Waals surface area contributed by atoms with Gasteiger partial charge in [0.25, 0.3) is 0 Å². The highest BCUT2D eigenvalue weighted by Gasteiger charge is 2.26. The Morgan fingerprint density at radius 3 is 2.70 bits per heavy atom. The van der Waals surface area contributed by atoms with Crippen LogP contribution in [0.15, 0.2) is 18.6 Å². The van der Waals surface area contributed by atoms with Gasteiger partial charge in [0.2, 0.25) is 0 Å². The topological polar surface area (TPSA) is 76.1 Å². The number of aromatic nitrogens is 2. The fourth-order valence-electron chi connectivity index (χ4n) is 2.93. The highest BCUT2D eigenvalue weighted by Crippen LogP contribution is 2.27. The molecule has 1 aliphatic carbocycles. The van der Waals surface area contributed by atoms with E-state index in [4.69, 9.17) is 4.74 Å². The van der Waals surface area contributed by atoms with E-state index in [0.29, 0.717) is 19.0 Å². The summed E-state index contributed by atoms with van der Waals surface area (Å²) >= 11 is 0. The van der Waals surface area contributed by atoms with Gasteiger partial charge in [-0.25, -0.2) is 4.79 Å². The van der Waals surface area contributed by atoms with Gasteiger partial charge in [-0.2, -0.15) is 0 Å². The van der Waals surface area contributed by atoms with Gasteiger partial charge < -0.3 is 15.4 Å². The molecule has 0 aliphatic heterocycles. The van der Waals surface area contributed by atoms with Gasteiger partial charge in [0, 0.05) is 37.7 Å². The Labute approximate surface area is 138 Å². The van der Waals surface area contributed by atoms with Crippen LogP contribution in [0.4, 0.5) is 4.79 Å². The van der Waals surface area contributed by atoms with Crippen LogP contribution in [-0.2, 0) is 11.3 Å². The predicted molar refractivity (Wildman–Crippen MR) is 88.9 cm³/mol. The molecule has 1 heterocycles. The first-order chi connectivity index (χ1) is 10.9. The summed E-state index contributed by atoms with van der Waals surface area (Å²) in [7, 11) is 0. The van der Waals surface area contributed by atoms with Crippen LogP contribution in [0, 0.1) is 5.92 Å². The molecule has 0 aromatic carbocycles. The van der Waals surface area contributed by atoms with E-state index in [1.165, 1.54) is 25.7 Å². The molecule has 1 fully saturated rings. The van der Waals surface area contributed by atoms with Gasteiger partial charge in [-0.15, -0.1) is 0 Å². The van der Waals surface area contributed by atoms with Gasteiger partial charge in [0.05, 0.1) is 5.69 Å². The van der Waals surface area contributed by atoms with Crippen LogP contribution in [0.5, 0.6) is 0 Å². The number of hydrogen-bond acceptors (Lipinski definition) is 5. The number of carbonyl (C=O) groups is 1. The standard InChI is InChI=1S/C17H28N4O2/c1-17(2,3)23-16(22)21-12-15(13-6-4-5-7-13)20-11-14-10-18-8-9-19-14/h8-10,13,15,20H,4-7,11-12H2,1-3H3,(H,21,22). The number of amides is 1. The van der Waals surface area contributed by atoms with Gasteiger partial charge in [-0.05, 0) is 39.5 Å². The fourth-order valence-corrected chi connectivity index (χ4v) is 2.93. The van der Waals surface area contributed by atoms with Crippen molar-refractivity contribution in [1.29, 1.82) is 0 Å². The van der Waals surface area contributed by atoms with E-state index in [0.717, 1.165) is 5.69 Å². The molecule has 0 radical (unpaired) electrons. The minimum Gasteiger partial charge on any atom is -0.444 e. The smallest absolute Gasteiger partial charge is 0.407 e. The molecule has 2 rings (SSSR count). The summed E-state index contributed by atoms with van der Waals surface area (Å²) < 4.78 is 5.31. The van der Waals surface area contributed by atoms with Crippen molar-refractivity contribution in [3.63, 3.8) is 0 Å². The van der Waals surface area contributed by atoms with Crippen LogP contribution in [0.1, 0.15) is 52.1 Å². The van der Waals surface area contributed by atoms with Crippen molar-refractivity contribution < 1.29 is 9.53 Å². The van der Waals surface area contributed by atoms with Gasteiger partial charge in [0.15, 0.2) is 0 Å². The van der Waals surface area contributed by atoms with Crippen molar-refractivity contribution >= 4 is 6.09 Å². The molecule has 1 aliphatic rings. The summed E-state index contributed by atoms with van der Waals surface area (Å²) in [6.07, 6.45) is 9.70. The van der Waals surface area contributed by atoms with Crippen molar-refractivity contribution in [2.45, 2.75) is 64.6 Å². The van der Waals surface area contributed by atoms with Gasteiger partial charge in [-0.1, -0.05) is 12.8 Å². The number of rotatable bonds is 6. The molecule has 2 N–H and O–H groups in total. The van der Waals surface area contributed by atoms with E-state index in [2.05, 4.69) is 20.6 Å². The number of carbonyl (C=O) groups excluding carboxylic acids is 1. The maximum Gasteiger partial charge on any atom is 0.407 e. The summed E-state index contributed by atoms with van der Waals surface area (Å²) in [4.78, 5) is 20.2. The highest BCUT2D eigenvalue weighted by molar-refractivity contribution is 5.67. The minimum absolute atomic E-state index is 0.229. The number of nitrogens with one attached hydrogen (secondary N) is 2. The van der Waals surface area contributed by atoms with Crippen molar-refractivity contribution in [2.24, 2.45) is 5.92 Å². The Kier molecular flexibility index (Phi) is 6.33. The van der Waals surface area contributed by atoms with Crippen LogP contribution < -0.4 is 10.6 Å². The van der Waals surface area contributed by atoms with Crippen LogP contribution in [0.25, 0.3) is 0 Å². The summed E-state index contributed by atoms with van der Waals surface area (Å²) in [5.41, 5.74) is 0.438. The lowest BCUT2D eigenvalue weighted by molar-refractivity contribution is 0.0518. The van der Waals surface area contributed by atoms with Gasteiger partial charge >= 0.3 is 6.09 Å². The Morgan fingerprint density at radius 1 is 1.35 bits per heavy atom. The second kappa shape index (κ2) is 8.24. The minimum atomic E-state index is -0.472. The summed E-state index contributed by atoms with van der Waals surface area (Å²) in [5.74, 6) is 0.585. The van der Waals surface area contributed by atoms with Gasteiger partial charge in [0.1, 0.15) is 5.60 Å². The quantitative estimate of drug-likeness (QED) is 0.843. The van der Waals surface area contributed by atoms with Crippen molar-refractivity contribution in [1.82, 2.24) is 20.6 Å². The number of ether oxygens (including phenoxy) is 1. The van der Waals surface area contributed by atoms with Crippen molar-refractivity contribution in [2.75, 3.05) is 6.54 Å². The summed E-state index contributed by atoms with van der Waals surface area (Å²) in [5, 5.41) is 6.42. The van der Waals surface area contributed by atoms with Crippen LogP contribution in [0.2, 0.25) is 0 Å². The number of hydrogen-bond donors (Lipinski definition) is 2. The molecule has 128 valence electrons. The van der Waals surface area contributed by atoms with E-state index in [-0.39, 0.29) is 12.1 Å². The Morgan fingerprint density at radius 2 is 2.09 bits per heavy atom. The molecule has 1 aromatic rings. The normalized spacial score (nSPS) is 17.0. The third-order valence-electron chi connectivity index (χ3n) is 4.00. The van der Waals surface area contributed by atoms with E-state index in [1.807, 2.05) is 20.8 Å². The zero-order chi connectivity index (χ0) is 16.7. The lowest BCUT2D eigenvalue weighted by Crippen LogP contribution is -2.45. The van der Waals surface area contributed by atoms with E-state index < -0.39 is 5.60 Å². The molecule has 0 bridgehead atoms. The first-order valence-corrected chi connectivity index (χ1v) is 8.39. The molecule has 1 aromatic heterocycles. The maximum atomic E-state index is 11.9. The Bertz CT molecular complexity index is 481. The summed E-state index contributed by atoms with van der Waals surface area (Å²) in [6, 6.07) is 0.229. The monoisotopic (exact) mass is 320 g/mol. The predicted octanol–water partition coefficient (Wildman–Crippen LogP) is 2.65. The first-order valence-electron chi connectivity index (χ1n) is 8.39. The molecule has 0 saturated heterocycles. The SMILES string of the molecule is CC(C)(C)OC(=O)NCC(NCc1cnccn1)C1CCCC1. The van der Waals surface area contributed by atoms with Crippen molar-refractivity contribution in [3.8, 4) is 0 Å². The van der Waals surface area contributed by atoms with Crippen LogP contribution >= 0.6 is 0 Å². The second-order valence-electron chi connectivity index (χ2n) is 7.11. The second-order valence-corrected chi connectivity index (χ2v) is 7.11. The first kappa shape index (κ1) is 17.7. The largest absolute Gasteiger partial charge is 0.444 e. The zero-order valence-electron chi connectivity index (χ0n) is 14.3. The zero-order valence-corrected chi connectivity index (χ0v) is 14.3. The molecule has 1 atom stereocenters. The highest BCUT2D eigenvalue weighted by atomic mass is 16.6. The van der Waals surface area contributed by atoms with Crippen molar-refractivity contribution in [3.05, 3.63) is 24.3 Å². The molecule has 0 spiro atoms. The fraction of sp³-hybridized carbons (Fsp3) is 0.706. The van der Waals surface area contributed by atoms with E-state index in [1.54, 1.807) is 18.6 Å². The molecule has 23 heavy (non-hydrogen) atoms. The van der Waals surface area contributed by atoms with E-state index >= 15 is 0 Å². The molecule has 1 unspecified atom stereocenters. The third-order valence-corrected chi connectivity index (χ3v) is 4.00. The average Bonchev–Trinajstić information content (AvgIpc) is 3.00. The number of alkyl carbamates (subject to hydrolysis) is 1. The molecular formula is C17H28N4O2. The molecule has 1 amide bonds. The molecule has 6 nitrogen and oxygen atoms in total. The Hall–Kier alpha value is -1.69. The van der Waals surface area contributed by atoms with E-state index in [9.17, 15) is 4.79 Å². The summed E-state index contributed by atoms with van der Waals surface area (Å²) in [6.45, 7) is 6.83.